The Bertz CT molecular complexity index is 654. The van der Waals surface area contributed by atoms with Gasteiger partial charge in [0, 0.05) is 19.4 Å². The number of aldehydes is 1. The Morgan fingerprint density at radius 2 is 1.57 bits per heavy atom. The topological polar surface area (TPSA) is 233 Å². The molecule has 9 N–H and O–H groups in total. The van der Waals surface area contributed by atoms with E-state index in [1.54, 1.807) is 0 Å². The number of carbonyl (C=O) groups is 6. The third-order valence-electron chi connectivity index (χ3n) is 3.43. The van der Waals surface area contributed by atoms with Crippen LogP contribution in [0.5, 0.6) is 0 Å². The van der Waals surface area contributed by atoms with Crippen molar-refractivity contribution in [2.24, 2.45) is 5.73 Å². The van der Waals surface area contributed by atoms with Crippen LogP contribution in [-0.4, -0.2) is 79.2 Å². The van der Waals surface area contributed by atoms with E-state index in [-0.39, 0.29) is 31.8 Å². The van der Waals surface area contributed by atoms with Crippen LogP contribution in [0.15, 0.2) is 0 Å². The van der Waals surface area contributed by atoms with E-state index in [0.717, 1.165) is 0 Å². The zero-order chi connectivity index (χ0) is 22.9. The summed E-state index contributed by atoms with van der Waals surface area (Å²) in [5.41, 5.74) is 5.16. The smallest absolute Gasteiger partial charge is 0.322 e. The Labute approximate surface area is 172 Å². The fourth-order valence-corrected chi connectivity index (χ4v) is 2.03. The molecular weight excluding hydrogens is 402 g/mol. The molecule has 30 heavy (non-hydrogen) atoms. The molecule has 0 fully saturated rings. The van der Waals surface area contributed by atoms with Crippen LogP contribution in [0.25, 0.3) is 0 Å². The van der Waals surface area contributed by atoms with Crippen LogP contribution >= 0.6 is 0 Å². The predicted octanol–water partition coefficient (Wildman–Crippen LogP) is -3.85. The second-order valence-electron chi connectivity index (χ2n) is 5.97. The van der Waals surface area contributed by atoms with Crippen molar-refractivity contribution in [1.82, 2.24) is 26.6 Å². The molecule has 0 spiro atoms. The van der Waals surface area contributed by atoms with Crippen molar-refractivity contribution >= 4 is 41.8 Å². The first-order valence-electron chi connectivity index (χ1n) is 8.99. The molecule has 0 aliphatic rings. The van der Waals surface area contributed by atoms with Crippen molar-refractivity contribution < 1.29 is 33.9 Å². The van der Waals surface area contributed by atoms with Gasteiger partial charge in [-0.2, -0.15) is 0 Å². The van der Waals surface area contributed by atoms with E-state index in [0.29, 0.717) is 12.7 Å². The predicted molar refractivity (Wildman–Crippen MR) is 103 cm³/mol. The van der Waals surface area contributed by atoms with Gasteiger partial charge in [-0.05, 0) is 12.8 Å². The molecule has 1 atom stereocenters. The average molecular weight is 429 g/mol. The van der Waals surface area contributed by atoms with Crippen LogP contribution in [0.3, 0.4) is 0 Å². The molecule has 0 aliphatic heterocycles. The SMILES string of the molecule is N=C(N)NCCCC(NC(=O)CNC(=O)CCC=O)C(=O)NCC(=O)NCC(=O)O. The molecule has 14 nitrogen and oxygen atoms in total. The average Bonchev–Trinajstić information content (AvgIpc) is 2.69. The summed E-state index contributed by atoms with van der Waals surface area (Å²) < 4.78 is 0. The Hall–Kier alpha value is -3.71. The van der Waals surface area contributed by atoms with Crippen LogP contribution in [-0.2, 0) is 28.8 Å². The lowest BCUT2D eigenvalue weighted by molar-refractivity contribution is -0.138. The van der Waals surface area contributed by atoms with Crippen molar-refractivity contribution in [2.75, 3.05) is 26.2 Å². The van der Waals surface area contributed by atoms with Crippen LogP contribution in [0.4, 0.5) is 0 Å². The van der Waals surface area contributed by atoms with Gasteiger partial charge in [0.05, 0.1) is 13.1 Å². The molecule has 0 aromatic rings. The Balaban J connectivity index is 4.65. The number of carbonyl (C=O) groups excluding carboxylic acids is 5. The molecule has 168 valence electrons. The molecule has 1 unspecified atom stereocenters. The van der Waals surface area contributed by atoms with Gasteiger partial charge in [-0.3, -0.25) is 29.4 Å². The molecule has 0 bridgehead atoms. The molecule has 0 saturated carbocycles. The van der Waals surface area contributed by atoms with Gasteiger partial charge in [-0.15, -0.1) is 0 Å². The lowest BCUT2D eigenvalue weighted by atomic mass is 10.1. The number of nitrogens with two attached hydrogens (primary N) is 1. The second kappa shape index (κ2) is 15.2. The lowest BCUT2D eigenvalue weighted by Gasteiger charge is -2.19. The number of nitrogens with one attached hydrogen (secondary N) is 6. The number of hydrogen-bond donors (Lipinski definition) is 8. The van der Waals surface area contributed by atoms with Gasteiger partial charge in [0.15, 0.2) is 5.96 Å². The summed E-state index contributed by atoms with van der Waals surface area (Å²) in [5, 5.41) is 27.2. The van der Waals surface area contributed by atoms with E-state index in [1.165, 1.54) is 0 Å². The molecule has 0 aromatic heterocycles. The van der Waals surface area contributed by atoms with E-state index in [4.69, 9.17) is 16.2 Å². The van der Waals surface area contributed by atoms with Gasteiger partial charge in [0.25, 0.3) is 0 Å². The normalized spacial score (nSPS) is 10.8. The molecular formula is C16H27N7O7. The van der Waals surface area contributed by atoms with E-state index < -0.39 is 55.3 Å². The summed E-state index contributed by atoms with van der Waals surface area (Å²) in [7, 11) is 0. The van der Waals surface area contributed by atoms with E-state index >= 15 is 0 Å². The molecule has 14 heteroatoms. The maximum Gasteiger partial charge on any atom is 0.322 e. The standard InChI is InChI=1S/C16H27N7O7/c17-16(18)19-5-1-3-10(15(30)22-7-12(26)21-9-14(28)29)23-13(27)8-20-11(25)4-2-6-24/h6,10H,1-5,7-9H2,(H,20,25)(H,21,26)(H,22,30)(H,23,27)(H,28,29)(H4,17,18,19). The monoisotopic (exact) mass is 429 g/mol. The third kappa shape index (κ3) is 14.4. The number of carboxylic acids is 1. The number of aliphatic carboxylic acids is 1. The van der Waals surface area contributed by atoms with E-state index in [1.807, 2.05) is 0 Å². The highest BCUT2D eigenvalue weighted by Crippen LogP contribution is 1.98. The molecule has 0 aromatic carbocycles. The minimum Gasteiger partial charge on any atom is -0.480 e. The minimum atomic E-state index is -1.24. The summed E-state index contributed by atoms with van der Waals surface area (Å²) in [6.45, 7) is -1.25. The number of carboxylic acid groups (broad SMARTS) is 1. The molecule has 0 aliphatic carbocycles. The summed E-state index contributed by atoms with van der Waals surface area (Å²) in [6, 6.07) is -1.05. The Kier molecular flexibility index (Phi) is 13.4. The fourth-order valence-electron chi connectivity index (χ4n) is 2.03. The number of rotatable bonds is 15. The summed E-state index contributed by atoms with van der Waals surface area (Å²) >= 11 is 0. The molecule has 4 amide bonds. The maximum absolute atomic E-state index is 12.3. The highest BCUT2D eigenvalue weighted by molar-refractivity contribution is 5.92. The van der Waals surface area contributed by atoms with Crippen LogP contribution in [0.2, 0.25) is 0 Å². The van der Waals surface area contributed by atoms with Gasteiger partial charge in [0.1, 0.15) is 18.9 Å². The van der Waals surface area contributed by atoms with Crippen LogP contribution < -0.4 is 32.3 Å². The molecule has 0 radical (unpaired) electrons. The highest BCUT2D eigenvalue weighted by Gasteiger charge is 2.21. The van der Waals surface area contributed by atoms with E-state index in [9.17, 15) is 28.8 Å². The zero-order valence-corrected chi connectivity index (χ0v) is 16.3. The van der Waals surface area contributed by atoms with Crippen molar-refractivity contribution in [2.45, 2.75) is 31.7 Å². The second-order valence-corrected chi connectivity index (χ2v) is 5.97. The van der Waals surface area contributed by atoms with Crippen LogP contribution in [0, 0.1) is 5.41 Å². The van der Waals surface area contributed by atoms with Gasteiger partial charge in [-0.1, -0.05) is 0 Å². The Morgan fingerprint density at radius 3 is 2.17 bits per heavy atom. The van der Waals surface area contributed by atoms with Gasteiger partial charge in [0.2, 0.25) is 23.6 Å². The summed E-state index contributed by atoms with van der Waals surface area (Å²) in [6.07, 6.45) is 0.999. The molecule has 0 heterocycles. The fraction of sp³-hybridized carbons (Fsp3) is 0.562. The minimum absolute atomic E-state index is 0.0194. The molecule has 0 rings (SSSR count). The maximum atomic E-state index is 12.3. The summed E-state index contributed by atoms with van der Waals surface area (Å²) in [4.78, 5) is 67.9. The van der Waals surface area contributed by atoms with Crippen molar-refractivity contribution in [3.63, 3.8) is 0 Å². The van der Waals surface area contributed by atoms with Gasteiger partial charge < -0.3 is 42.2 Å². The lowest BCUT2D eigenvalue weighted by Crippen LogP contribution is -2.51. The Morgan fingerprint density at radius 1 is 0.933 bits per heavy atom. The van der Waals surface area contributed by atoms with Gasteiger partial charge >= 0.3 is 5.97 Å². The van der Waals surface area contributed by atoms with Crippen molar-refractivity contribution in [1.29, 1.82) is 5.41 Å². The zero-order valence-electron chi connectivity index (χ0n) is 16.3. The number of hydrogen-bond acceptors (Lipinski definition) is 7. The number of amides is 4. The quantitative estimate of drug-likeness (QED) is 0.0550. The first kappa shape index (κ1) is 26.3. The molecule has 0 saturated heterocycles. The first-order valence-corrected chi connectivity index (χ1v) is 8.99. The van der Waals surface area contributed by atoms with Gasteiger partial charge in [-0.25, -0.2) is 0 Å². The first-order chi connectivity index (χ1) is 14.1. The van der Waals surface area contributed by atoms with Crippen LogP contribution in [0.1, 0.15) is 25.7 Å². The van der Waals surface area contributed by atoms with Crippen molar-refractivity contribution in [3.8, 4) is 0 Å². The summed E-state index contributed by atoms with van der Waals surface area (Å²) in [5.74, 6) is -4.08. The third-order valence-corrected chi connectivity index (χ3v) is 3.43. The van der Waals surface area contributed by atoms with Crippen molar-refractivity contribution in [3.05, 3.63) is 0 Å². The number of guanidine groups is 1. The highest BCUT2D eigenvalue weighted by atomic mass is 16.4. The van der Waals surface area contributed by atoms with E-state index in [2.05, 4.69) is 26.6 Å². The largest absolute Gasteiger partial charge is 0.480 e.